The molecule has 0 spiro atoms. The second-order valence-electron chi connectivity index (χ2n) is 16.4. The molecule has 6 heteroatoms. The molecule has 0 fully saturated rings. The van der Waals surface area contributed by atoms with Crippen LogP contribution in [-0.2, 0) is 28.6 Å². The zero-order valence-electron chi connectivity index (χ0n) is 37.0. The van der Waals surface area contributed by atoms with Crippen molar-refractivity contribution in [3.05, 3.63) is 12.2 Å². The zero-order chi connectivity index (χ0) is 40.1. The molecule has 0 aromatic rings. The lowest BCUT2D eigenvalue weighted by Crippen LogP contribution is -2.30. The van der Waals surface area contributed by atoms with Crippen LogP contribution >= 0.6 is 0 Å². The molecule has 0 aliphatic rings. The van der Waals surface area contributed by atoms with Gasteiger partial charge in [0.15, 0.2) is 6.10 Å². The molecule has 0 aliphatic heterocycles. The fraction of sp³-hybridized carbons (Fsp3) is 0.898. The van der Waals surface area contributed by atoms with Gasteiger partial charge < -0.3 is 14.2 Å². The van der Waals surface area contributed by atoms with Crippen LogP contribution in [0.25, 0.3) is 0 Å². The maximum absolute atomic E-state index is 12.7. The van der Waals surface area contributed by atoms with Crippen molar-refractivity contribution in [2.45, 2.75) is 271 Å². The first-order valence-corrected chi connectivity index (χ1v) is 24.2. The van der Waals surface area contributed by atoms with Gasteiger partial charge in [-0.15, -0.1) is 0 Å². The summed E-state index contributed by atoms with van der Waals surface area (Å²) in [6, 6.07) is 0. The highest BCUT2D eigenvalue weighted by atomic mass is 16.6. The minimum Gasteiger partial charge on any atom is -0.462 e. The average molecular weight is 777 g/mol. The van der Waals surface area contributed by atoms with E-state index < -0.39 is 6.10 Å². The van der Waals surface area contributed by atoms with Crippen molar-refractivity contribution in [2.75, 3.05) is 13.2 Å². The number of carbonyl (C=O) groups is 3. The Balaban J connectivity index is 4.30. The smallest absolute Gasteiger partial charge is 0.306 e. The van der Waals surface area contributed by atoms with Gasteiger partial charge >= 0.3 is 17.9 Å². The van der Waals surface area contributed by atoms with Gasteiger partial charge in [-0.05, 0) is 44.9 Å². The van der Waals surface area contributed by atoms with Crippen molar-refractivity contribution in [1.29, 1.82) is 0 Å². The third-order valence-electron chi connectivity index (χ3n) is 10.8. The topological polar surface area (TPSA) is 78.9 Å². The molecule has 324 valence electrons. The van der Waals surface area contributed by atoms with Crippen molar-refractivity contribution < 1.29 is 28.6 Å². The Hall–Kier alpha value is -1.85. The zero-order valence-corrected chi connectivity index (χ0v) is 37.0. The number of carbonyl (C=O) groups excluding carboxylic acids is 3. The predicted molar refractivity (Wildman–Crippen MR) is 233 cm³/mol. The number of unbranched alkanes of at least 4 members (excludes halogenated alkanes) is 31. The molecule has 0 aromatic heterocycles. The van der Waals surface area contributed by atoms with Crippen LogP contribution in [0.5, 0.6) is 0 Å². The molecule has 1 atom stereocenters. The molecule has 0 saturated carbocycles. The summed E-state index contributed by atoms with van der Waals surface area (Å²) in [5, 5.41) is 0. The second kappa shape index (κ2) is 44.9. The molecule has 0 bridgehead atoms. The molecule has 0 heterocycles. The number of esters is 3. The van der Waals surface area contributed by atoms with E-state index in [4.69, 9.17) is 14.2 Å². The van der Waals surface area contributed by atoms with Crippen LogP contribution in [0, 0.1) is 0 Å². The fourth-order valence-electron chi connectivity index (χ4n) is 7.08. The van der Waals surface area contributed by atoms with E-state index in [2.05, 4.69) is 32.9 Å². The largest absolute Gasteiger partial charge is 0.462 e. The highest BCUT2D eigenvalue weighted by molar-refractivity contribution is 5.71. The Morgan fingerprint density at radius 3 is 0.909 bits per heavy atom. The Morgan fingerprint density at radius 1 is 0.345 bits per heavy atom. The van der Waals surface area contributed by atoms with Gasteiger partial charge in [0.1, 0.15) is 13.2 Å². The first-order chi connectivity index (χ1) is 27.0. The van der Waals surface area contributed by atoms with Gasteiger partial charge in [0.2, 0.25) is 0 Å². The molecule has 55 heavy (non-hydrogen) atoms. The van der Waals surface area contributed by atoms with Gasteiger partial charge in [-0.1, -0.05) is 213 Å². The third kappa shape index (κ3) is 43.1. The summed E-state index contributed by atoms with van der Waals surface area (Å²) in [6.07, 6.45) is 47.6. The highest BCUT2D eigenvalue weighted by Crippen LogP contribution is 2.15. The molecule has 0 amide bonds. The molecule has 0 saturated heterocycles. The summed E-state index contributed by atoms with van der Waals surface area (Å²) < 4.78 is 16.7. The summed E-state index contributed by atoms with van der Waals surface area (Å²) in [6.45, 7) is 6.62. The van der Waals surface area contributed by atoms with Crippen molar-refractivity contribution in [1.82, 2.24) is 0 Å². The van der Waals surface area contributed by atoms with Crippen LogP contribution in [0.1, 0.15) is 265 Å². The van der Waals surface area contributed by atoms with E-state index in [9.17, 15) is 14.4 Å². The molecule has 0 aromatic carbocycles. The van der Waals surface area contributed by atoms with E-state index in [0.29, 0.717) is 19.3 Å². The molecule has 0 N–H and O–H groups in total. The van der Waals surface area contributed by atoms with Crippen molar-refractivity contribution >= 4 is 17.9 Å². The molecular formula is C49H92O6. The van der Waals surface area contributed by atoms with Gasteiger partial charge in [0, 0.05) is 19.3 Å². The van der Waals surface area contributed by atoms with Crippen LogP contribution in [0.3, 0.4) is 0 Å². The van der Waals surface area contributed by atoms with E-state index in [-0.39, 0.29) is 31.1 Å². The average Bonchev–Trinajstić information content (AvgIpc) is 3.18. The summed E-state index contributed by atoms with van der Waals surface area (Å²) in [5.41, 5.74) is 0. The molecule has 0 rings (SSSR count). The molecule has 1 unspecified atom stereocenters. The number of allylic oxidation sites excluding steroid dienone is 2. The lowest BCUT2D eigenvalue weighted by Gasteiger charge is -2.18. The van der Waals surface area contributed by atoms with E-state index in [0.717, 1.165) is 64.2 Å². The summed E-state index contributed by atoms with van der Waals surface area (Å²) in [5.74, 6) is -0.868. The van der Waals surface area contributed by atoms with Crippen LogP contribution < -0.4 is 0 Å². The van der Waals surface area contributed by atoms with E-state index in [1.54, 1.807) is 0 Å². The van der Waals surface area contributed by atoms with Crippen molar-refractivity contribution in [2.24, 2.45) is 0 Å². The quantitative estimate of drug-likeness (QED) is 0.0265. The lowest BCUT2D eigenvalue weighted by atomic mass is 10.0. The first kappa shape index (κ1) is 53.1. The summed E-state index contributed by atoms with van der Waals surface area (Å²) in [7, 11) is 0. The second-order valence-corrected chi connectivity index (χ2v) is 16.4. The summed E-state index contributed by atoms with van der Waals surface area (Å²) in [4.78, 5) is 37.7. The highest BCUT2D eigenvalue weighted by Gasteiger charge is 2.19. The van der Waals surface area contributed by atoms with E-state index in [1.165, 1.54) is 161 Å². The van der Waals surface area contributed by atoms with Crippen molar-refractivity contribution in [3.8, 4) is 0 Å². The minimum atomic E-state index is -0.764. The van der Waals surface area contributed by atoms with Gasteiger partial charge in [-0.25, -0.2) is 0 Å². The minimum absolute atomic E-state index is 0.0682. The van der Waals surface area contributed by atoms with Crippen molar-refractivity contribution in [3.63, 3.8) is 0 Å². The third-order valence-corrected chi connectivity index (χ3v) is 10.8. The standard InChI is InChI=1S/C49H92O6/c1-4-7-10-13-16-19-21-23-24-25-26-28-30-33-36-39-42-48(51)54-45-46(44-53-47(50)41-38-35-32-29-18-15-12-9-6-3)55-49(52)43-40-37-34-31-27-22-20-17-14-11-8-5-2/h24-25,46H,4-23,26-45H2,1-3H3/b25-24-. The first-order valence-electron chi connectivity index (χ1n) is 24.2. The van der Waals surface area contributed by atoms with Gasteiger partial charge in [0.25, 0.3) is 0 Å². The Bertz CT molecular complexity index is 854. The van der Waals surface area contributed by atoms with Gasteiger partial charge in [-0.2, -0.15) is 0 Å². The Kier molecular flexibility index (Phi) is 43.4. The van der Waals surface area contributed by atoms with Crippen LogP contribution in [0.4, 0.5) is 0 Å². The normalized spacial score (nSPS) is 12.0. The number of rotatable bonds is 44. The maximum Gasteiger partial charge on any atom is 0.306 e. The van der Waals surface area contributed by atoms with Gasteiger partial charge in [-0.3, -0.25) is 14.4 Å². The summed E-state index contributed by atoms with van der Waals surface area (Å²) >= 11 is 0. The monoisotopic (exact) mass is 777 g/mol. The Labute approximate surface area is 341 Å². The maximum atomic E-state index is 12.7. The molecule has 0 aliphatic carbocycles. The van der Waals surface area contributed by atoms with Crippen LogP contribution in [0.15, 0.2) is 12.2 Å². The van der Waals surface area contributed by atoms with Crippen LogP contribution in [-0.4, -0.2) is 37.2 Å². The SMILES string of the molecule is CCCCCCCCC/C=C\CCCCCCCC(=O)OCC(COC(=O)CCCCCCCCCCC)OC(=O)CCCCCCCCCCCCCC. The number of hydrogen-bond donors (Lipinski definition) is 0. The predicted octanol–water partition coefficient (Wildman–Crippen LogP) is 15.4. The molecule has 0 radical (unpaired) electrons. The van der Waals surface area contributed by atoms with E-state index >= 15 is 0 Å². The van der Waals surface area contributed by atoms with E-state index in [1.807, 2.05) is 0 Å². The number of hydrogen-bond acceptors (Lipinski definition) is 6. The van der Waals surface area contributed by atoms with Crippen LogP contribution in [0.2, 0.25) is 0 Å². The number of ether oxygens (including phenoxy) is 3. The lowest BCUT2D eigenvalue weighted by molar-refractivity contribution is -0.167. The molecular weight excluding hydrogens is 685 g/mol. The molecule has 6 nitrogen and oxygen atoms in total. The fourth-order valence-corrected chi connectivity index (χ4v) is 7.08. The van der Waals surface area contributed by atoms with Gasteiger partial charge in [0.05, 0.1) is 0 Å². The Morgan fingerprint density at radius 2 is 0.600 bits per heavy atom.